The third kappa shape index (κ3) is 6.99. The van der Waals surface area contributed by atoms with Crippen molar-refractivity contribution in [2.45, 2.75) is 36.6 Å². The molecule has 144 valence electrons. The Bertz CT molecular complexity index is 582. The lowest BCUT2D eigenvalue weighted by Crippen LogP contribution is -2.65. The molecule has 24 heavy (non-hydrogen) atoms. The first-order chi connectivity index (χ1) is 10.5. The van der Waals surface area contributed by atoms with Gasteiger partial charge in [-0.25, -0.2) is 4.57 Å². The van der Waals surface area contributed by atoms with Crippen LogP contribution < -0.4 is 0 Å². The van der Waals surface area contributed by atoms with Gasteiger partial charge in [-0.3, -0.25) is 13.6 Å². The minimum Gasteiger partial charge on any atom is -0.387 e. The maximum absolute atomic E-state index is 10.9. The number of phosphoric ester groups is 1. The number of aliphatic hydroxyl groups is 3. The Morgan fingerprint density at radius 1 is 0.625 bits per heavy atom. The van der Waals surface area contributed by atoms with Crippen molar-refractivity contribution in [1.29, 1.82) is 0 Å². The zero-order chi connectivity index (χ0) is 19.1. The lowest BCUT2D eigenvalue weighted by Gasteiger charge is -2.45. The lowest BCUT2D eigenvalue weighted by molar-refractivity contribution is -0.209. The molecule has 0 aliphatic heterocycles. The molecule has 0 bridgehead atoms. The minimum absolute atomic E-state index is 2.03. The summed E-state index contributed by atoms with van der Waals surface area (Å²) in [6, 6.07) is 0. The van der Waals surface area contributed by atoms with Crippen LogP contribution in [0.25, 0.3) is 0 Å². The van der Waals surface area contributed by atoms with Gasteiger partial charge in [0, 0.05) is 0 Å². The normalized spacial score (nSPS) is 35.9. The highest BCUT2D eigenvalue weighted by Crippen LogP contribution is 2.49. The quantitative estimate of drug-likeness (QED) is 0.180. The SMILES string of the molecule is O=P(O)(O)OC1C(O)C(O)C(OP(O)(O)=S)C(OP(O)(O)=S)C1O. The van der Waals surface area contributed by atoms with Crippen LogP contribution in [-0.4, -0.2) is 81.3 Å². The smallest absolute Gasteiger partial charge is 0.387 e. The molecule has 0 aromatic carbocycles. The summed E-state index contributed by atoms with van der Waals surface area (Å²) < 4.78 is 24.1. The van der Waals surface area contributed by atoms with E-state index in [1.807, 2.05) is 0 Å². The van der Waals surface area contributed by atoms with Crippen LogP contribution in [0.3, 0.4) is 0 Å². The lowest BCUT2D eigenvalue weighted by atomic mass is 9.85. The molecule has 18 heteroatoms. The predicted molar refractivity (Wildman–Crippen MR) is 82.1 cm³/mol. The summed E-state index contributed by atoms with van der Waals surface area (Å²) in [5, 5.41) is 29.8. The molecule has 0 aromatic rings. The standard InChI is InChI=1S/C6H15O13P3S2/c7-1-2(8)5(18-21(13,14)23)6(19-22(15,16)24)3(9)4(1)17-20(10,11)12/h1-9H,(H2,10,11,12)(H2,13,14,23)(H2,15,16,24). The van der Waals surface area contributed by atoms with Crippen molar-refractivity contribution in [3.8, 4) is 0 Å². The second-order valence-electron chi connectivity index (χ2n) is 4.65. The fourth-order valence-electron chi connectivity index (χ4n) is 2.01. The zero-order valence-electron chi connectivity index (χ0n) is 11.3. The molecule has 1 saturated carbocycles. The molecule has 6 unspecified atom stereocenters. The van der Waals surface area contributed by atoms with E-state index in [2.05, 4.69) is 37.2 Å². The Labute approximate surface area is 144 Å². The van der Waals surface area contributed by atoms with E-state index in [9.17, 15) is 29.7 Å². The molecule has 13 nitrogen and oxygen atoms in total. The van der Waals surface area contributed by atoms with Crippen LogP contribution in [0, 0.1) is 0 Å². The van der Waals surface area contributed by atoms with Crippen LogP contribution in [0.2, 0.25) is 0 Å². The molecule has 9 N–H and O–H groups in total. The van der Waals surface area contributed by atoms with Crippen molar-refractivity contribution < 1.29 is 62.8 Å². The summed E-state index contributed by atoms with van der Waals surface area (Å²) in [6.07, 6.45) is -12.9. The highest BCUT2D eigenvalue weighted by molar-refractivity contribution is 8.07. The monoisotopic (exact) mass is 452 g/mol. The zero-order valence-corrected chi connectivity index (χ0v) is 15.6. The van der Waals surface area contributed by atoms with E-state index in [1.54, 1.807) is 0 Å². The summed E-state index contributed by atoms with van der Waals surface area (Å²) in [5.41, 5.74) is 0. The van der Waals surface area contributed by atoms with Gasteiger partial charge in [-0.1, -0.05) is 0 Å². The Kier molecular flexibility index (Phi) is 7.66. The van der Waals surface area contributed by atoms with Crippen molar-refractivity contribution in [2.24, 2.45) is 0 Å². The fraction of sp³-hybridized carbons (Fsp3) is 1.00. The van der Waals surface area contributed by atoms with Crippen LogP contribution in [0.5, 0.6) is 0 Å². The van der Waals surface area contributed by atoms with Gasteiger partial charge in [0.25, 0.3) is 0 Å². The second-order valence-corrected chi connectivity index (χ2v) is 11.1. The fourth-order valence-corrected chi connectivity index (χ4v) is 4.30. The molecule has 1 aliphatic rings. The second kappa shape index (κ2) is 7.97. The number of aliphatic hydroxyl groups excluding tert-OH is 3. The summed E-state index contributed by atoms with van der Waals surface area (Å²) in [7, 11) is -5.26. The third-order valence-corrected chi connectivity index (χ3v) is 4.87. The summed E-state index contributed by atoms with van der Waals surface area (Å²) >= 11 is 8.36. The van der Waals surface area contributed by atoms with E-state index < -0.39 is 57.9 Å². The molecule has 6 atom stereocenters. The number of phosphoric acid groups is 1. The van der Waals surface area contributed by atoms with Gasteiger partial charge < -0.3 is 44.7 Å². The van der Waals surface area contributed by atoms with E-state index >= 15 is 0 Å². The van der Waals surface area contributed by atoms with E-state index in [1.165, 1.54) is 0 Å². The van der Waals surface area contributed by atoms with Crippen LogP contribution in [0.1, 0.15) is 0 Å². The molecule has 0 spiro atoms. The van der Waals surface area contributed by atoms with E-state index in [-0.39, 0.29) is 0 Å². The average Bonchev–Trinajstić information content (AvgIpc) is 2.32. The number of hydrogen-bond acceptors (Lipinski definition) is 9. The Hall–Kier alpha value is 1.05. The molecule has 0 amide bonds. The van der Waals surface area contributed by atoms with Crippen molar-refractivity contribution in [3.05, 3.63) is 0 Å². The number of hydrogen-bond donors (Lipinski definition) is 9. The predicted octanol–water partition coefficient (Wildman–Crippen LogP) is -3.25. The molecule has 0 radical (unpaired) electrons. The Balaban J connectivity index is 3.23. The summed E-state index contributed by atoms with van der Waals surface area (Å²) in [5.74, 6) is 0. The molecule has 0 heterocycles. The van der Waals surface area contributed by atoms with Gasteiger partial charge in [0.15, 0.2) is 0 Å². The topological polar surface area (TPSA) is 227 Å². The first kappa shape index (κ1) is 23.1. The molecule has 1 rings (SSSR count). The maximum Gasteiger partial charge on any atom is 0.470 e. The third-order valence-electron chi connectivity index (χ3n) is 2.80. The van der Waals surface area contributed by atoms with Gasteiger partial charge in [0.05, 0.1) is 0 Å². The molecule has 1 aliphatic carbocycles. The van der Waals surface area contributed by atoms with E-state index in [0.29, 0.717) is 0 Å². The van der Waals surface area contributed by atoms with Gasteiger partial charge in [-0.15, -0.1) is 0 Å². The largest absolute Gasteiger partial charge is 0.470 e. The van der Waals surface area contributed by atoms with Gasteiger partial charge in [0.2, 0.25) is 0 Å². The highest BCUT2D eigenvalue weighted by Gasteiger charge is 2.55. The van der Waals surface area contributed by atoms with Crippen molar-refractivity contribution in [1.82, 2.24) is 0 Å². The van der Waals surface area contributed by atoms with Crippen LogP contribution in [0.4, 0.5) is 0 Å². The van der Waals surface area contributed by atoms with Gasteiger partial charge in [0.1, 0.15) is 36.6 Å². The molecular formula is C6H15O13P3S2. The molecule has 1 fully saturated rings. The minimum atomic E-state index is -5.26. The Morgan fingerprint density at radius 3 is 1.29 bits per heavy atom. The Morgan fingerprint density at radius 2 is 0.958 bits per heavy atom. The van der Waals surface area contributed by atoms with Gasteiger partial charge in [-0.2, -0.15) is 0 Å². The van der Waals surface area contributed by atoms with Crippen molar-refractivity contribution in [2.75, 3.05) is 0 Å². The van der Waals surface area contributed by atoms with Gasteiger partial charge in [-0.05, 0) is 23.6 Å². The summed E-state index contributed by atoms with van der Waals surface area (Å²) in [4.78, 5) is 54.2. The molecule has 0 saturated heterocycles. The van der Waals surface area contributed by atoms with Crippen molar-refractivity contribution >= 4 is 44.9 Å². The first-order valence-electron chi connectivity index (χ1n) is 5.78. The van der Waals surface area contributed by atoms with Crippen molar-refractivity contribution in [3.63, 3.8) is 0 Å². The molecule has 0 aromatic heterocycles. The average molecular weight is 452 g/mol. The first-order valence-corrected chi connectivity index (χ1v) is 12.6. The van der Waals surface area contributed by atoms with E-state index in [0.717, 1.165) is 0 Å². The maximum atomic E-state index is 10.9. The van der Waals surface area contributed by atoms with Crippen LogP contribution in [0.15, 0.2) is 0 Å². The van der Waals surface area contributed by atoms with Gasteiger partial charge >= 0.3 is 21.3 Å². The highest BCUT2D eigenvalue weighted by atomic mass is 32.5. The van der Waals surface area contributed by atoms with E-state index in [4.69, 9.17) is 19.6 Å². The van der Waals surface area contributed by atoms with Crippen LogP contribution in [-0.2, 0) is 41.8 Å². The number of rotatable bonds is 6. The molecular weight excluding hydrogens is 437 g/mol. The summed E-state index contributed by atoms with van der Waals surface area (Å²) in [6.45, 7) is -9.03. The van der Waals surface area contributed by atoms with Crippen LogP contribution >= 0.6 is 21.3 Å².